The molecule has 1 N–H and O–H groups in total. The van der Waals surface area contributed by atoms with Gasteiger partial charge in [0, 0.05) is 35.5 Å². The van der Waals surface area contributed by atoms with Crippen LogP contribution >= 0.6 is 11.3 Å². The molecule has 0 saturated carbocycles. The molecule has 4 rings (SSSR count). The summed E-state index contributed by atoms with van der Waals surface area (Å²) in [5, 5.41) is 2.97. The van der Waals surface area contributed by atoms with Crippen molar-refractivity contribution in [2.24, 2.45) is 0 Å². The summed E-state index contributed by atoms with van der Waals surface area (Å²) in [4.78, 5) is 24.7. The molecule has 3 aromatic rings. The quantitative estimate of drug-likeness (QED) is 0.497. The molecule has 0 aliphatic carbocycles. The lowest BCUT2D eigenvalue weighted by atomic mass is 10.1. The van der Waals surface area contributed by atoms with Crippen molar-refractivity contribution in [2.75, 3.05) is 13.2 Å². The number of benzene rings is 1. The topological polar surface area (TPSA) is 86.2 Å². The van der Waals surface area contributed by atoms with Crippen LogP contribution in [0.4, 0.5) is 17.6 Å². The summed E-state index contributed by atoms with van der Waals surface area (Å²) in [6.45, 7) is 4.29. The molecule has 7 nitrogen and oxygen atoms in total. The zero-order chi connectivity index (χ0) is 24.5. The number of thiazole rings is 1. The molecule has 3 heterocycles. The molecule has 2 atom stereocenters. The van der Waals surface area contributed by atoms with Gasteiger partial charge in [-0.2, -0.15) is 13.2 Å². The standard InChI is InChI=1S/C22H20F4N4O3S/c1-11-7-27-20(34-11)17-6-15(33-14-3-4-32-10-14)5-16(18(17)23)19(31)30-12(2)13-8-28-21(29-9-13)22(24,25)26/h5-9,12,14H,3-4,10H2,1-2H3,(H,30,31)/t12-,14-/m1/s1. The van der Waals surface area contributed by atoms with Gasteiger partial charge >= 0.3 is 6.18 Å². The highest BCUT2D eigenvalue weighted by molar-refractivity contribution is 7.14. The van der Waals surface area contributed by atoms with E-state index in [1.165, 1.54) is 30.4 Å². The number of nitrogens with zero attached hydrogens (tertiary/aromatic N) is 3. The van der Waals surface area contributed by atoms with Crippen molar-refractivity contribution in [3.05, 3.63) is 58.4 Å². The van der Waals surface area contributed by atoms with Gasteiger partial charge in [0.2, 0.25) is 5.82 Å². The Balaban J connectivity index is 1.61. The maximum Gasteiger partial charge on any atom is 0.451 e. The highest BCUT2D eigenvalue weighted by Gasteiger charge is 2.34. The van der Waals surface area contributed by atoms with Crippen molar-refractivity contribution in [3.63, 3.8) is 0 Å². The first kappa shape index (κ1) is 24.0. The summed E-state index contributed by atoms with van der Waals surface area (Å²) >= 11 is 1.27. The second kappa shape index (κ2) is 9.63. The molecular weight excluding hydrogens is 476 g/mol. The van der Waals surface area contributed by atoms with Crippen LogP contribution in [-0.4, -0.2) is 40.2 Å². The van der Waals surface area contributed by atoms with E-state index in [1.807, 2.05) is 6.92 Å². The normalized spacial score (nSPS) is 16.9. The Morgan fingerprint density at radius 1 is 1.24 bits per heavy atom. The number of nitrogens with one attached hydrogen (secondary N) is 1. The lowest BCUT2D eigenvalue weighted by Gasteiger charge is -2.17. The molecule has 0 bridgehead atoms. The molecule has 2 aromatic heterocycles. The van der Waals surface area contributed by atoms with E-state index in [0.717, 1.165) is 17.3 Å². The van der Waals surface area contributed by atoms with Crippen molar-refractivity contribution in [1.29, 1.82) is 0 Å². The van der Waals surface area contributed by atoms with E-state index in [2.05, 4.69) is 20.3 Å². The Kier molecular flexibility index (Phi) is 6.80. The Hall–Kier alpha value is -3.12. The lowest BCUT2D eigenvalue weighted by molar-refractivity contribution is -0.145. The highest BCUT2D eigenvalue weighted by atomic mass is 32.1. The third kappa shape index (κ3) is 5.33. The molecule has 1 amide bonds. The van der Waals surface area contributed by atoms with Crippen molar-refractivity contribution in [3.8, 4) is 16.3 Å². The molecule has 1 aliphatic heterocycles. The number of aromatic nitrogens is 3. The SMILES string of the molecule is Cc1cnc(-c2cc(O[C@@H]3CCOC3)cc(C(=O)N[C@H](C)c3cnc(C(F)(F)F)nc3)c2F)s1. The van der Waals surface area contributed by atoms with Crippen LogP contribution in [0.2, 0.25) is 0 Å². The Morgan fingerprint density at radius 3 is 2.56 bits per heavy atom. The maximum absolute atomic E-state index is 15.4. The molecule has 1 fully saturated rings. The largest absolute Gasteiger partial charge is 0.488 e. The van der Waals surface area contributed by atoms with Gasteiger partial charge in [-0.25, -0.2) is 19.3 Å². The van der Waals surface area contributed by atoms with Crippen LogP contribution in [0, 0.1) is 12.7 Å². The molecule has 0 radical (unpaired) electrons. The predicted molar refractivity (Wildman–Crippen MR) is 115 cm³/mol. The number of halogens is 4. The van der Waals surface area contributed by atoms with Gasteiger partial charge in [-0.1, -0.05) is 0 Å². The second-order valence-corrected chi connectivity index (χ2v) is 8.98. The number of amides is 1. The molecule has 0 unspecified atom stereocenters. The molecule has 34 heavy (non-hydrogen) atoms. The van der Waals surface area contributed by atoms with Crippen LogP contribution in [0.5, 0.6) is 5.75 Å². The summed E-state index contributed by atoms with van der Waals surface area (Å²) in [5.41, 5.74) is 0.0668. The fourth-order valence-corrected chi connectivity index (χ4v) is 4.10. The minimum Gasteiger partial charge on any atom is -0.488 e. The van der Waals surface area contributed by atoms with Crippen LogP contribution in [0.15, 0.2) is 30.7 Å². The summed E-state index contributed by atoms with van der Waals surface area (Å²) in [6.07, 6.45) is -0.694. The van der Waals surface area contributed by atoms with Crippen LogP contribution in [-0.2, 0) is 10.9 Å². The van der Waals surface area contributed by atoms with Gasteiger partial charge in [0.05, 0.1) is 30.4 Å². The minimum atomic E-state index is -4.68. The summed E-state index contributed by atoms with van der Waals surface area (Å²) < 4.78 is 64.7. The highest BCUT2D eigenvalue weighted by Crippen LogP contribution is 2.34. The minimum absolute atomic E-state index is 0.116. The van der Waals surface area contributed by atoms with Crippen molar-refractivity contribution < 1.29 is 31.8 Å². The number of rotatable bonds is 6. The fraction of sp³-hybridized carbons (Fsp3) is 0.364. The first-order chi connectivity index (χ1) is 16.1. The Bertz CT molecular complexity index is 1180. The number of carbonyl (C=O) groups excluding carboxylic acids is 1. The van der Waals surface area contributed by atoms with E-state index < -0.39 is 29.8 Å². The average Bonchev–Trinajstić information content (AvgIpc) is 3.46. The number of aryl methyl sites for hydroxylation is 1. The summed E-state index contributed by atoms with van der Waals surface area (Å²) in [5.74, 6) is -2.55. The average molecular weight is 496 g/mol. The number of carbonyl (C=O) groups is 1. The van der Waals surface area contributed by atoms with E-state index in [4.69, 9.17) is 9.47 Å². The van der Waals surface area contributed by atoms with E-state index in [9.17, 15) is 18.0 Å². The number of hydrogen-bond acceptors (Lipinski definition) is 7. The number of alkyl halides is 3. The zero-order valence-electron chi connectivity index (χ0n) is 18.1. The van der Waals surface area contributed by atoms with Crippen molar-refractivity contribution in [1.82, 2.24) is 20.3 Å². The molecule has 1 saturated heterocycles. The lowest BCUT2D eigenvalue weighted by Crippen LogP contribution is -2.28. The van der Waals surface area contributed by atoms with Crippen LogP contribution < -0.4 is 10.1 Å². The van der Waals surface area contributed by atoms with Gasteiger partial charge in [-0.3, -0.25) is 4.79 Å². The first-order valence-electron chi connectivity index (χ1n) is 10.3. The summed E-state index contributed by atoms with van der Waals surface area (Å²) in [7, 11) is 0. The smallest absolute Gasteiger partial charge is 0.451 e. The molecule has 180 valence electrons. The molecular formula is C22H20F4N4O3S. The third-order valence-corrected chi connectivity index (χ3v) is 6.05. The van der Waals surface area contributed by atoms with Gasteiger partial charge in [-0.15, -0.1) is 11.3 Å². The van der Waals surface area contributed by atoms with E-state index in [1.54, 1.807) is 6.20 Å². The van der Waals surface area contributed by atoms with Gasteiger partial charge in [0.15, 0.2) is 0 Å². The monoisotopic (exact) mass is 496 g/mol. The maximum atomic E-state index is 15.4. The van der Waals surface area contributed by atoms with E-state index >= 15 is 4.39 Å². The predicted octanol–water partition coefficient (Wildman–Crippen LogP) is 4.73. The zero-order valence-corrected chi connectivity index (χ0v) is 19.0. The van der Waals surface area contributed by atoms with E-state index in [-0.39, 0.29) is 28.5 Å². The first-order valence-corrected chi connectivity index (χ1v) is 11.1. The van der Waals surface area contributed by atoms with Crippen molar-refractivity contribution in [2.45, 2.75) is 38.6 Å². The van der Waals surface area contributed by atoms with Crippen LogP contribution in [0.25, 0.3) is 10.6 Å². The number of ether oxygens (including phenoxy) is 2. The molecule has 0 spiro atoms. The Labute approximate surface area is 196 Å². The van der Waals surface area contributed by atoms with Crippen molar-refractivity contribution >= 4 is 17.2 Å². The number of hydrogen-bond donors (Lipinski definition) is 1. The van der Waals surface area contributed by atoms with Gasteiger partial charge < -0.3 is 14.8 Å². The molecule has 1 aliphatic rings. The molecule has 12 heteroatoms. The summed E-state index contributed by atoms with van der Waals surface area (Å²) in [6, 6.07) is 2.01. The van der Waals surface area contributed by atoms with E-state index in [0.29, 0.717) is 24.6 Å². The second-order valence-electron chi connectivity index (χ2n) is 7.74. The third-order valence-electron chi connectivity index (χ3n) is 5.11. The van der Waals surface area contributed by atoms with Crippen LogP contribution in [0.1, 0.15) is 46.0 Å². The van der Waals surface area contributed by atoms with Crippen LogP contribution in [0.3, 0.4) is 0 Å². The fourth-order valence-electron chi connectivity index (χ4n) is 3.33. The van der Waals surface area contributed by atoms with Gasteiger partial charge in [0.25, 0.3) is 5.91 Å². The van der Waals surface area contributed by atoms with Gasteiger partial charge in [-0.05, 0) is 26.0 Å². The van der Waals surface area contributed by atoms with Gasteiger partial charge in [0.1, 0.15) is 22.7 Å². The molecule has 1 aromatic carbocycles. The Morgan fingerprint density at radius 2 is 1.97 bits per heavy atom.